The van der Waals surface area contributed by atoms with E-state index in [2.05, 4.69) is 5.32 Å². The number of hydrogen-bond acceptors (Lipinski definition) is 5. The Morgan fingerprint density at radius 1 is 1.60 bits per heavy atom. The number of rotatable bonds is 2. The number of esters is 1. The molecule has 15 heavy (non-hydrogen) atoms. The summed E-state index contributed by atoms with van der Waals surface area (Å²) >= 11 is 0. The summed E-state index contributed by atoms with van der Waals surface area (Å²) in [5, 5.41) is 2.36. The molecule has 6 heteroatoms. The second-order valence-corrected chi connectivity index (χ2v) is 4.33. The van der Waals surface area contributed by atoms with Crippen molar-refractivity contribution in [2.75, 3.05) is 6.54 Å². The number of nitrogens with two attached hydrogens (primary N) is 1. The van der Waals surface area contributed by atoms with E-state index >= 15 is 0 Å². The van der Waals surface area contributed by atoms with Crippen LogP contribution in [0.15, 0.2) is 0 Å². The van der Waals surface area contributed by atoms with E-state index in [4.69, 9.17) is 15.2 Å². The van der Waals surface area contributed by atoms with E-state index < -0.39 is 29.8 Å². The highest BCUT2D eigenvalue weighted by Gasteiger charge is 2.40. The quantitative estimate of drug-likeness (QED) is 0.622. The Labute approximate surface area is 88.1 Å². The van der Waals surface area contributed by atoms with E-state index in [1.54, 1.807) is 20.8 Å². The van der Waals surface area contributed by atoms with Gasteiger partial charge in [0.1, 0.15) is 11.7 Å². The molecule has 2 unspecified atom stereocenters. The van der Waals surface area contributed by atoms with Crippen molar-refractivity contribution in [1.82, 2.24) is 5.32 Å². The summed E-state index contributed by atoms with van der Waals surface area (Å²) in [6.07, 6.45) is -1.28. The fraction of sp³-hybridized carbons (Fsp3) is 0.778. The maximum absolute atomic E-state index is 11.6. The molecule has 0 aromatic carbocycles. The van der Waals surface area contributed by atoms with E-state index in [-0.39, 0.29) is 6.54 Å². The van der Waals surface area contributed by atoms with Crippen LogP contribution in [0, 0.1) is 0 Å². The molecule has 1 fully saturated rings. The molecule has 0 spiro atoms. The lowest BCUT2D eigenvalue weighted by Gasteiger charge is -2.22. The van der Waals surface area contributed by atoms with E-state index in [0.29, 0.717) is 0 Å². The molecule has 0 saturated carbocycles. The lowest BCUT2D eigenvalue weighted by molar-refractivity contribution is -0.158. The standard InChI is InChI=1S/C9H16N2O4/c1-9(2,3)15-7(12)6-5(4-10)14-8(13)11-6/h5-6H,4,10H2,1-3H3,(H,11,13). The Morgan fingerprint density at radius 3 is 2.67 bits per heavy atom. The topological polar surface area (TPSA) is 90.6 Å². The number of hydrogen-bond donors (Lipinski definition) is 2. The van der Waals surface area contributed by atoms with Gasteiger partial charge in [0.2, 0.25) is 0 Å². The van der Waals surface area contributed by atoms with Crippen molar-refractivity contribution in [3.8, 4) is 0 Å². The largest absolute Gasteiger partial charge is 0.458 e. The van der Waals surface area contributed by atoms with Crippen LogP contribution in [0.4, 0.5) is 4.79 Å². The Balaban J connectivity index is 2.63. The van der Waals surface area contributed by atoms with Gasteiger partial charge >= 0.3 is 12.1 Å². The molecule has 86 valence electrons. The lowest BCUT2D eigenvalue weighted by atomic mass is 10.1. The van der Waals surface area contributed by atoms with Gasteiger partial charge in [-0.25, -0.2) is 9.59 Å². The van der Waals surface area contributed by atoms with Gasteiger partial charge in [-0.1, -0.05) is 0 Å². The summed E-state index contributed by atoms with van der Waals surface area (Å²) in [5.74, 6) is -0.524. The van der Waals surface area contributed by atoms with Crippen LogP contribution in [0.25, 0.3) is 0 Å². The molecule has 1 rings (SSSR count). The number of alkyl carbamates (subject to hydrolysis) is 1. The highest BCUT2D eigenvalue weighted by molar-refractivity contribution is 5.85. The maximum Gasteiger partial charge on any atom is 0.408 e. The molecule has 0 bridgehead atoms. The minimum atomic E-state index is -0.804. The van der Waals surface area contributed by atoms with Crippen molar-refractivity contribution < 1.29 is 19.1 Å². The van der Waals surface area contributed by atoms with Crippen LogP contribution in [0.2, 0.25) is 0 Å². The van der Waals surface area contributed by atoms with Crippen molar-refractivity contribution in [2.45, 2.75) is 38.5 Å². The SMILES string of the molecule is CC(C)(C)OC(=O)C1NC(=O)OC1CN. The lowest BCUT2D eigenvalue weighted by Crippen LogP contribution is -2.45. The Morgan fingerprint density at radius 2 is 2.20 bits per heavy atom. The third kappa shape index (κ3) is 3.09. The summed E-state index contributed by atoms with van der Waals surface area (Å²) in [6.45, 7) is 5.34. The molecule has 0 radical (unpaired) electrons. The molecule has 1 aliphatic rings. The van der Waals surface area contributed by atoms with Gasteiger partial charge in [0.15, 0.2) is 6.04 Å². The molecule has 2 atom stereocenters. The highest BCUT2D eigenvalue weighted by Crippen LogP contribution is 2.14. The normalized spacial score (nSPS) is 25.7. The molecule has 1 saturated heterocycles. The van der Waals surface area contributed by atoms with Crippen LogP contribution in [-0.2, 0) is 14.3 Å². The predicted octanol–water partition coefficient (Wildman–Crippen LogP) is -0.236. The van der Waals surface area contributed by atoms with Crippen molar-refractivity contribution in [2.24, 2.45) is 5.73 Å². The van der Waals surface area contributed by atoms with Gasteiger partial charge in [-0.3, -0.25) is 0 Å². The van der Waals surface area contributed by atoms with Crippen LogP contribution < -0.4 is 11.1 Å². The molecular formula is C9H16N2O4. The Hall–Kier alpha value is -1.30. The van der Waals surface area contributed by atoms with Crippen LogP contribution in [0.3, 0.4) is 0 Å². The van der Waals surface area contributed by atoms with Crippen LogP contribution >= 0.6 is 0 Å². The predicted molar refractivity (Wildman–Crippen MR) is 52.1 cm³/mol. The fourth-order valence-corrected chi connectivity index (χ4v) is 1.22. The molecule has 0 aliphatic carbocycles. The molecule has 1 amide bonds. The number of amides is 1. The van der Waals surface area contributed by atoms with E-state index in [9.17, 15) is 9.59 Å². The number of cyclic esters (lactones) is 1. The second-order valence-electron chi connectivity index (χ2n) is 4.33. The van der Waals surface area contributed by atoms with E-state index in [1.165, 1.54) is 0 Å². The van der Waals surface area contributed by atoms with Crippen molar-refractivity contribution in [3.63, 3.8) is 0 Å². The Bertz CT molecular complexity index is 272. The highest BCUT2D eigenvalue weighted by atomic mass is 16.6. The zero-order chi connectivity index (χ0) is 11.6. The summed E-state index contributed by atoms with van der Waals surface area (Å²) in [6, 6.07) is -0.804. The first-order valence-corrected chi connectivity index (χ1v) is 4.73. The summed E-state index contributed by atoms with van der Waals surface area (Å²) in [5.41, 5.74) is 4.77. The number of ether oxygens (including phenoxy) is 2. The van der Waals surface area contributed by atoms with Gasteiger partial charge in [0.05, 0.1) is 0 Å². The second kappa shape index (κ2) is 4.06. The van der Waals surface area contributed by atoms with E-state index in [0.717, 1.165) is 0 Å². The van der Waals surface area contributed by atoms with E-state index in [1.807, 2.05) is 0 Å². The van der Waals surface area contributed by atoms with Gasteiger partial charge in [-0.05, 0) is 20.8 Å². The van der Waals surface area contributed by atoms with Gasteiger partial charge in [-0.15, -0.1) is 0 Å². The van der Waals surface area contributed by atoms with Crippen LogP contribution in [0.1, 0.15) is 20.8 Å². The van der Waals surface area contributed by atoms with Gasteiger partial charge in [0.25, 0.3) is 0 Å². The molecule has 3 N–H and O–H groups in total. The number of carbonyl (C=O) groups excluding carboxylic acids is 2. The number of carbonyl (C=O) groups is 2. The monoisotopic (exact) mass is 216 g/mol. The van der Waals surface area contributed by atoms with Crippen molar-refractivity contribution in [3.05, 3.63) is 0 Å². The first kappa shape index (κ1) is 11.8. The smallest absolute Gasteiger partial charge is 0.408 e. The molecular weight excluding hydrogens is 200 g/mol. The number of nitrogens with one attached hydrogen (secondary N) is 1. The minimum Gasteiger partial charge on any atom is -0.458 e. The van der Waals surface area contributed by atoms with Gasteiger partial charge in [-0.2, -0.15) is 0 Å². The third-order valence-corrected chi connectivity index (χ3v) is 1.80. The molecule has 0 aromatic rings. The molecule has 1 aliphatic heterocycles. The van der Waals surface area contributed by atoms with Crippen molar-refractivity contribution >= 4 is 12.1 Å². The summed E-state index contributed by atoms with van der Waals surface area (Å²) < 4.78 is 9.90. The fourth-order valence-electron chi connectivity index (χ4n) is 1.22. The minimum absolute atomic E-state index is 0.0860. The first-order valence-electron chi connectivity index (χ1n) is 4.73. The maximum atomic E-state index is 11.6. The Kier molecular flexibility index (Phi) is 3.18. The third-order valence-electron chi connectivity index (χ3n) is 1.80. The summed E-state index contributed by atoms with van der Waals surface area (Å²) in [7, 11) is 0. The average Bonchev–Trinajstić information content (AvgIpc) is 2.43. The van der Waals surface area contributed by atoms with Crippen LogP contribution in [-0.4, -0.2) is 36.4 Å². The average molecular weight is 216 g/mol. The van der Waals surface area contributed by atoms with Crippen molar-refractivity contribution in [1.29, 1.82) is 0 Å². The molecule has 1 heterocycles. The molecule has 6 nitrogen and oxygen atoms in total. The zero-order valence-electron chi connectivity index (χ0n) is 9.07. The molecule has 0 aromatic heterocycles. The van der Waals surface area contributed by atoms with Gasteiger partial charge < -0.3 is 20.5 Å². The zero-order valence-corrected chi connectivity index (χ0v) is 9.07. The van der Waals surface area contributed by atoms with Crippen LogP contribution in [0.5, 0.6) is 0 Å². The first-order chi connectivity index (χ1) is 6.83. The van der Waals surface area contributed by atoms with Gasteiger partial charge in [0, 0.05) is 6.54 Å². The summed E-state index contributed by atoms with van der Waals surface area (Å²) in [4.78, 5) is 22.5.